The van der Waals surface area contributed by atoms with Gasteiger partial charge in [0.05, 0.1) is 6.54 Å². The molecule has 0 aromatic carbocycles. The summed E-state index contributed by atoms with van der Waals surface area (Å²) in [6, 6.07) is 0.558. The Morgan fingerprint density at radius 2 is 1.63 bits per heavy atom. The number of halogens is 1. The molecule has 0 aromatic rings. The van der Waals surface area contributed by atoms with Crippen molar-refractivity contribution in [2.75, 3.05) is 59.4 Å². The molecule has 27 heavy (non-hydrogen) atoms. The molecule has 1 saturated carbocycles. The lowest BCUT2D eigenvalue weighted by Gasteiger charge is -2.39. The van der Waals surface area contributed by atoms with Crippen molar-refractivity contribution >= 4 is 29.9 Å². The molecular formula is C21H42IN5. The summed E-state index contributed by atoms with van der Waals surface area (Å²) < 4.78 is 0. The van der Waals surface area contributed by atoms with Crippen LogP contribution in [0, 0.1) is 17.8 Å². The number of nitrogens with zero attached hydrogens (tertiary/aromatic N) is 4. The maximum absolute atomic E-state index is 5.15. The summed E-state index contributed by atoms with van der Waals surface area (Å²) in [5.74, 6) is 3.63. The lowest BCUT2D eigenvalue weighted by atomic mass is 9.82. The fraction of sp³-hybridized carbons (Fsp3) is 0.952. The van der Waals surface area contributed by atoms with Gasteiger partial charge in [-0.3, -0.25) is 9.89 Å². The number of guanidine groups is 1. The van der Waals surface area contributed by atoms with Crippen LogP contribution in [0.2, 0.25) is 0 Å². The van der Waals surface area contributed by atoms with Crippen molar-refractivity contribution in [2.24, 2.45) is 22.7 Å². The first-order valence-electron chi connectivity index (χ1n) is 11.0. The predicted octanol–water partition coefficient (Wildman–Crippen LogP) is 2.96. The van der Waals surface area contributed by atoms with Gasteiger partial charge in [-0.1, -0.05) is 26.7 Å². The van der Waals surface area contributed by atoms with Crippen molar-refractivity contribution in [3.05, 3.63) is 0 Å². The third-order valence-electron chi connectivity index (χ3n) is 6.82. The van der Waals surface area contributed by atoms with Crippen LogP contribution in [0.4, 0.5) is 0 Å². The lowest BCUT2D eigenvalue weighted by Crippen LogP contribution is -2.52. The third kappa shape index (κ3) is 6.20. The molecule has 2 aliphatic heterocycles. The largest absolute Gasteiger partial charge is 0.357 e. The quantitative estimate of drug-likeness (QED) is 0.365. The zero-order chi connectivity index (χ0) is 18.5. The highest BCUT2D eigenvalue weighted by Gasteiger charge is 2.35. The van der Waals surface area contributed by atoms with Crippen molar-refractivity contribution in [1.82, 2.24) is 20.0 Å². The standard InChI is InChI=1S/C21H41N5.HI/c1-5-22-21(26-15-18-8-6-7-9-19(18)16-26)23-14-20(17(2)3)25-12-10-24(4)11-13-25;/h17-20H,5-16H2,1-4H3,(H,22,23);1H. The summed E-state index contributed by atoms with van der Waals surface area (Å²) in [6.45, 7) is 16.0. The smallest absolute Gasteiger partial charge is 0.193 e. The Hall–Kier alpha value is -0.0800. The molecule has 0 aromatic heterocycles. The van der Waals surface area contributed by atoms with Crippen LogP contribution in [0.1, 0.15) is 46.5 Å². The summed E-state index contributed by atoms with van der Waals surface area (Å²) in [4.78, 5) is 12.8. The highest BCUT2D eigenvalue weighted by atomic mass is 127. The predicted molar refractivity (Wildman–Crippen MR) is 126 cm³/mol. The Morgan fingerprint density at radius 3 is 2.15 bits per heavy atom. The molecule has 2 saturated heterocycles. The second kappa shape index (κ2) is 11.2. The number of piperazine rings is 1. The molecule has 1 N–H and O–H groups in total. The highest BCUT2D eigenvalue weighted by molar-refractivity contribution is 14.0. The monoisotopic (exact) mass is 491 g/mol. The van der Waals surface area contributed by atoms with Gasteiger partial charge < -0.3 is 15.1 Å². The summed E-state index contributed by atoms with van der Waals surface area (Å²) in [5.41, 5.74) is 0. The van der Waals surface area contributed by atoms with Crippen molar-refractivity contribution in [2.45, 2.75) is 52.5 Å². The van der Waals surface area contributed by atoms with E-state index in [1.54, 1.807) is 0 Å². The molecule has 3 fully saturated rings. The van der Waals surface area contributed by atoms with Crippen LogP contribution in [0.25, 0.3) is 0 Å². The molecular weight excluding hydrogens is 449 g/mol. The van der Waals surface area contributed by atoms with E-state index in [1.807, 2.05) is 0 Å². The van der Waals surface area contributed by atoms with Crippen molar-refractivity contribution in [3.63, 3.8) is 0 Å². The van der Waals surface area contributed by atoms with E-state index in [0.717, 1.165) is 24.9 Å². The molecule has 3 aliphatic rings. The van der Waals surface area contributed by atoms with Crippen LogP contribution in [0.15, 0.2) is 4.99 Å². The topological polar surface area (TPSA) is 34.1 Å². The van der Waals surface area contributed by atoms with Crippen LogP contribution in [-0.4, -0.2) is 86.1 Å². The zero-order valence-corrected chi connectivity index (χ0v) is 20.3. The molecule has 158 valence electrons. The Bertz CT molecular complexity index is 447. The molecule has 6 heteroatoms. The summed E-state index contributed by atoms with van der Waals surface area (Å²) in [7, 11) is 2.23. The molecule has 0 spiro atoms. The fourth-order valence-corrected chi connectivity index (χ4v) is 5.09. The van der Waals surface area contributed by atoms with Gasteiger partial charge in [0.25, 0.3) is 0 Å². The van der Waals surface area contributed by atoms with Gasteiger partial charge in [0.1, 0.15) is 0 Å². The first-order chi connectivity index (χ1) is 12.6. The zero-order valence-electron chi connectivity index (χ0n) is 18.0. The maximum atomic E-state index is 5.15. The van der Waals surface area contributed by atoms with E-state index in [-0.39, 0.29) is 24.0 Å². The lowest BCUT2D eigenvalue weighted by molar-refractivity contribution is 0.0924. The minimum atomic E-state index is 0. The number of hydrogen-bond donors (Lipinski definition) is 1. The van der Waals surface area contributed by atoms with E-state index in [4.69, 9.17) is 4.99 Å². The second-order valence-electron chi connectivity index (χ2n) is 9.05. The summed E-state index contributed by atoms with van der Waals surface area (Å²) in [5, 5.41) is 3.59. The van der Waals surface area contributed by atoms with Crippen LogP contribution in [-0.2, 0) is 0 Å². The van der Waals surface area contributed by atoms with E-state index < -0.39 is 0 Å². The minimum absolute atomic E-state index is 0. The molecule has 2 heterocycles. The Balaban J connectivity index is 0.00000261. The Labute approximate surface area is 184 Å². The third-order valence-corrected chi connectivity index (χ3v) is 6.82. The first kappa shape index (κ1) is 23.2. The van der Waals surface area contributed by atoms with Gasteiger partial charge in [-0.05, 0) is 44.6 Å². The van der Waals surface area contributed by atoms with Gasteiger partial charge in [-0.15, -0.1) is 24.0 Å². The van der Waals surface area contributed by atoms with Crippen molar-refractivity contribution in [3.8, 4) is 0 Å². The van der Waals surface area contributed by atoms with E-state index in [1.165, 1.54) is 70.9 Å². The average Bonchev–Trinajstić information content (AvgIpc) is 3.06. The number of rotatable bonds is 5. The van der Waals surface area contributed by atoms with Gasteiger partial charge in [0.2, 0.25) is 0 Å². The van der Waals surface area contributed by atoms with Crippen molar-refractivity contribution < 1.29 is 0 Å². The molecule has 5 nitrogen and oxygen atoms in total. The number of fused-ring (bicyclic) bond motifs is 1. The molecule has 1 aliphatic carbocycles. The number of likely N-dealkylation sites (N-methyl/N-ethyl adjacent to an activating group) is 1. The van der Waals surface area contributed by atoms with Gasteiger partial charge >= 0.3 is 0 Å². The average molecular weight is 492 g/mol. The number of hydrogen-bond acceptors (Lipinski definition) is 3. The maximum Gasteiger partial charge on any atom is 0.193 e. The Kier molecular flexibility index (Phi) is 9.62. The highest BCUT2D eigenvalue weighted by Crippen LogP contribution is 2.36. The molecule has 3 rings (SSSR count). The fourth-order valence-electron chi connectivity index (χ4n) is 5.09. The second-order valence-corrected chi connectivity index (χ2v) is 9.05. The first-order valence-corrected chi connectivity index (χ1v) is 11.0. The summed E-state index contributed by atoms with van der Waals surface area (Å²) in [6.07, 6.45) is 5.72. The molecule has 3 atom stereocenters. The molecule has 0 bridgehead atoms. The Morgan fingerprint density at radius 1 is 1.04 bits per heavy atom. The van der Waals surface area contributed by atoms with Gasteiger partial charge in [0.15, 0.2) is 5.96 Å². The molecule has 0 radical (unpaired) electrons. The van der Waals surface area contributed by atoms with E-state index in [2.05, 4.69) is 47.8 Å². The normalized spacial score (nSPS) is 28.8. The molecule has 3 unspecified atom stereocenters. The number of nitrogens with one attached hydrogen (secondary N) is 1. The number of likely N-dealkylation sites (tertiary alicyclic amines) is 1. The van der Waals surface area contributed by atoms with E-state index in [0.29, 0.717) is 12.0 Å². The minimum Gasteiger partial charge on any atom is -0.357 e. The van der Waals surface area contributed by atoms with Crippen molar-refractivity contribution in [1.29, 1.82) is 0 Å². The molecule has 0 amide bonds. The van der Waals surface area contributed by atoms with Gasteiger partial charge in [-0.25, -0.2) is 0 Å². The van der Waals surface area contributed by atoms with Crippen LogP contribution >= 0.6 is 24.0 Å². The van der Waals surface area contributed by atoms with E-state index >= 15 is 0 Å². The number of aliphatic imine (C=N–C) groups is 1. The van der Waals surface area contributed by atoms with Crippen LogP contribution in [0.5, 0.6) is 0 Å². The van der Waals surface area contributed by atoms with Crippen LogP contribution in [0.3, 0.4) is 0 Å². The SMILES string of the molecule is CCNC(=NCC(C(C)C)N1CCN(C)CC1)N1CC2CCCCC2C1.I. The van der Waals surface area contributed by atoms with Gasteiger partial charge in [0, 0.05) is 51.9 Å². The van der Waals surface area contributed by atoms with E-state index in [9.17, 15) is 0 Å². The van der Waals surface area contributed by atoms with Gasteiger partial charge in [-0.2, -0.15) is 0 Å². The summed E-state index contributed by atoms with van der Waals surface area (Å²) >= 11 is 0. The van der Waals surface area contributed by atoms with Crippen LogP contribution < -0.4 is 5.32 Å².